The zero-order valence-electron chi connectivity index (χ0n) is 20.2. The third kappa shape index (κ3) is 8.15. The predicted molar refractivity (Wildman–Crippen MR) is 139 cm³/mol. The lowest BCUT2D eigenvalue weighted by Crippen LogP contribution is -2.52. The molecule has 0 aliphatic rings. The van der Waals surface area contributed by atoms with Crippen LogP contribution < -0.4 is 5.32 Å². The number of rotatable bonds is 11. The van der Waals surface area contributed by atoms with Gasteiger partial charge in [-0.05, 0) is 34.9 Å². The largest absolute Gasteiger partial charge is 0.350 e. The number of hydrogen-bond acceptors (Lipinski definition) is 5. The SMILES string of the molecule is CN(CC(=O)N(Cc1ccc(Cl)cc1)[C@H](Cc1ccccc1)C(=O)NCc1cccnc1)S(C)(=O)=O. The summed E-state index contributed by atoms with van der Waals surface area (Å²) in [6.45, 7) is -0.0524. The van der Waals surface area contributed by atoms with Crippen molar-refractivity contribution in [2.24, 2.45) is 0 Å². The number of aromatic nitrogens is 1. The van der Waals surface area contributed by atoms with Crippen molar-refractivity contribution in [3.63, 3.8) is 0 Å². The molecule has 0 bridgehead atoms. The average molecular weight is 529 g/mol. The molecule has 36 heavy (non-hydrogen) atoms. The van der Waals surface area contributed by atoms with Crippen molar-refractivity contribution in [2.45, 2.75) is 25.6 Å². The summed E-state index contributed by atoms with van der Waals surface area (Å²) in [5.41, 5.74) is 2.44. The first kappa shape index (κ1) is 27.3. The van der Waals surface area contributed by atoms with Crippen LogP contribution in [0.25, 0.3) is 0 Å². The van der Waals surface area contributed by atoms with Gasteiger partial charge in [0.1, 0.15) is 6.04 Å². The lowest BCUT2D eigenvalue weighted by atomic mass is 10.0. The van der Waals surface area contributed by atoms with E-state index in [-0.39, 0.29) is 25.4 Å². The predicted octanol–water partition coefficient (Wildman–Crippen LogP) is 2.88. The Morgan fingerprint density at radius 2 is 1.64 bits per heavy atom. The second-order valence-electron chi connectivity index (χ2n) is 8.45. The Balaban J connectivity index is 1.94. The van der Waals surface area contributed by atoms with Gasteiger partial charge >= 0.3 is 0 Å². The van der Waals surface area contributed by atoms with E-state index < -0.39 is 28.5 Å². The fourth-order valence-corrected chi connectivity index (χ4v) is 4.02. The van der Waals surface area contributed by atoms with Gasteiger partial charge in [-0.15, -0.1) is 0 Å². The molecule has 1 atom stereocenters. The highest BCUT2D eigenvalue weighted by Crippen LogP contribution is 2.17. The molecule has 1 aromatic heterocycles. The highest BCUT2D eigenvalue weighted by molar-refractivity contribution is 7.88. The number of nitrogens with one attached hydrogen (secondary N) is 1. The number of carbonyl (C=O) groups excluding carboxylic acids is 2. The van der Waals surface area contributed by atoms with Gasteiger partial charge < -0.3 is 10.2 Å². The zero-order chi connectivity index (χ0) is 26.1. The lowest BCUT2D eigenvalue weighted by Gasteiger charge is -2.32. The molecule has 0 spiro atoms. The quantitative estimate of drug-likeness (QED) is 0.412. The van der Waals surface area contributed by atoms with Crippen LogP contribution in [-0.4, -0.2) is 60.3 Å². The third-order valence-electron chi connectivity index (χ3n) is 5.65. The molecule has 1 heterocycles. The van der Waals surface area contributed by atoms with Gasteiger partial charge in [0, 0.05) is 44.0 Å². The Kier molecular flexibility index (Phi) is 9.58. The zero-order valence-corrected chi connectivity index (χ0v) is 21.7. The van der Waals surface area contributed by atoms with E-state index in [0.717, 1.165) is 27.3 Å². The molecule has 2 amide bonds. The van der Waals surface area contributed by atoms with E-state index in [1.807, 2.05) is 36.4 Å². The maximum absolute atomic E-state index is 13.5. The number of halogens is 1. The Morgan fingerprint density at radius 1 is 0.972 bits per heavy atom. The number of carbonyl (C=O) groups is 2. The summed E-state index contributed by atoms with van der Waals surface area (Å²) >= 11 is 6.03. The summed E-state index contributed by atoms with van der Waals surface area (Å²) in [5, 5.41) is 3.45. The normalized spacial score (nSPS) is 12.2. The molecular formula is C26H29ClN4O4S. The highest BCUT2D eigenvalue weighted by Gasteiger charge is 2.31. The number of sulfonamides is 1. The molecule has 3 rings (SSSR count). The topological polar surface area (TPSA) is 99.7 Å². The summed E-state index contributed by atoms with van der Waals surface area (Å²) in [6, 6.07) is 19.1. The fraction of sp³-hybridized carbons (Fsp3) is 0.269. The van der Waals surface area contributed by atoms with Crippen LogP contribution in [0.4, 0.5) is 0 Å². The Morgan fingerprint density at radius 3 is 2.25 bits per heavy atom. The van der Waals surface area contributed by atoms with Crippen LogP contribution in [0, 0.1) is 0 Å². The van der Waals surface area contributed by atoms with Crippen molar-refractivity contribution >= 4 is 33.4 Å². The molecule has 0 aliphatic carbocycles. The van der Waals surface area contributed by atoms with Gasteiger partial charge in [0.2, 0.25) is 21.8 Å². The van der Waals surface area contributed by atoms with Gasteiger partial charge in [0.05, 0.1) is 12.8 Å². The second kappa shape index (κ2) is 12.6. The van der Waals surface area contributed by atoms with Crippen molar-refractivity contribution in [2.75, 3.05) is 19.8 Å². The summed E-state index contributed by atoms with van der Waals surface area (Å²) in [7, 11) is -2.26. The summed E-state index contributed by atoms with van der Waals surface area (Å²) in [4.78, 5) is 32.5. The minimum Gasteiger partial charge on any atom is -0.350 e. The molecule has 0 saturated carbocycles. The van der Waals surface area contributed by atoms with E-state index in [9.17, 15) is 18.0 Å². The van der Waals surface area contributed by atoms with Crippen molar-refractivity contribution in [1.82, 2.24) is 19.5 Å². The van der Waals surface area contributed by atoms with Crippen molar-refractivity contribution < 1.29 is 18.0 Å². The number of hydrogen-bond donors (Lipinski definition) is 1. The molecule has 0 fully saturated rings. The molecular weight excluding hydrogens is 500 g/mol. The van der Waals surface area contributed by atoms with Crippen LogP contribution in [0.3, 0.4) is 0 Å². The van der Waals surface area contributed by atoms with Crippen LogP contribution in [0.5, 0.6) is 0 Å². The van der Waals surface area contributed by atoms with Gasteiger partial charge in [-0.1, -0.05) is 60.1 Å². The third-order valence-corrected chi connectivity index (χ3v) is 7.16. The second-order valence-corrected chi connectivity index (χ2v) is 11.0. The number of pyridine rings is 1. The van der Waals surface area contributed by atoms with Gasteiger partial charge in [0.25, 0.3) is 0 Å². The highest BCUT2D eigenvalue weighted by atomic mass is 35.5. The van der Waals surface area contributed by atoms with E-state index in [1.54, 1.807) is 42.7 Å². The number of benzene rings is 2. The molecule has 0 aliphatic heterocycles. The van der Waals surface area contributed by atoms with Gasteiger partial charge in [-0.25, -0.2) is 8.42 Å². The standard InChI is InChI=1S/C26H29ClN4O4S/c1-30(36(2,34)35)19-25(32)31(18-21-10-12-23(27)13-11-21)24(15-20-7-4-3-5-8-20)26(33)29-17-22-9-6-14-28-16-22/h3-14,16,24H,15,17-19H2,1-2H3,(H,29,33)/t24-/m1/s1. The molecule has 0 unspecified atom stereocenters. The minimum absolute atomic E-state index is 0.103. The van der Waals surface area contributed by atoms with Gasteiger partial charge in [0.15, 0.2) is 0 Å². The molecule has 0 radical (unpaired) electrons. The molecule has 0 saturated heterocycles. The monoisotopic (exact) mass is 528 g/mol. The molecule has 2 aromatic carbocycles. The minimum atomic E-state index is -3.60. The lowest BCUT2D eigenvalue weighted by molar-refractivity contribution is -0.141. The van der Waals surface area contributed by atoms with Gasteiger partial charge in [-0.3, -0.25) is 14.6 Å². The Labute approximate surface area is 217 Å². The number of amides is 2. The smallest absolute Gasteiger partial charge is 0.243 e. The van der Waals surface area contributed by atoms with Crippen molar-refractivity contribution in [1.29, 1.82) is 0 Å². The first-order valence-corrected chi connectivity index (χ1v) is 13.5. The molecule has 10 heteroatoms. The molecule has 190 valence electrons. The Bertz CT molecular complexity index is 1260. The average Bonchev–Trinajstić information content (AvgIpc) is 2.86. The van der Waals surface area contributed by atoms with Crippen LogP contribution in [-0.2, 0) is 39.1 Å². The van der Waals surface area contributed by atoms with E-state index >= 15 is 0 Å². The van der Waals surface area contributed by atoms with E-state index in [4.69, 9.17) is 11.6 Å². The summed E-state index contributed by atoms with van der Waals surface area (Å²) in [5.74, 6) is -0.845. The molecule has 1 N–H and O–H groups in total. The van der Waals surface area contributed by atoms with Crippen molar-refractivity contribution in [3.8, 4) is 0 Å². The van der Waals surface area contributed by atoms with Crippen molar-refractivity contribution in [3.05, 3.63) is 101 Å². The van der Waals surface area contributed by atoms with Crippen LogP contribution in [0.1, 0.15) is 16.7 Å². The van der Waals surface area contributed by atoms with E-state index in [1.165, 1.54) is 11.9 Å². The Hall–Kier alpha value is -3.27. The maximum Gasteiger partial charge on any atom is 0.243 e. The maximum atomic E-state index is 13.5. The van der Waals surface area contributed by atoms with Crippen LogP contribution >= 0.6 is 11.6 Å². The first-order chi connectivity index (χ1) is 17.1. The first-order valence-electron chi connectivity index (χ1n) is 11.3. The molecule has 8 nitrogen and oxygen atoms in total. The summed E-state index contributed by atoms with van der Waals surface area (Å²) in [6.07, 6.45) is 4.59. The van der Waals surface area contributed by atoms with E-state index in [0.29, 0.717) is 5.02 Å². The molecule has 3 aromatic rings. The van der Waals surface area contributed by atoms with Crippen LogP contribution in [0.2, 0.25) is 5.02 Å². The fourth-order valence-electron chi connectivity index (χ4n) is 3.55. The number of nitrogens with zero attached hydrogens (tertiary/aromatic N) is 3. The number of likely N-dealkylation sites (N-methyl/N-ethyl adjacent to an activating group) is 1. The summed E-state index contributed by atoms with van der Waals surface area (Å²) < 4.78 is 25.0. The van der Waals surface area contributed by atoms with Gasteiger partial charge in [-0.2, -0.15) is 4.31 Å². The van der Waals surface area contributed by atoms with Crippen LogP contribution in [0.15, 0.2) is 79.1 Å². The van der Waals surface area contributed by atoms with E-state index in [2.05, 4.69) is 10.3 Å².